The van der Waals surface area contributed by atoms with Crippen molar-refractivity contribution in [3.05, 3.63) is 70.3 Å². The maximum absolute atomic E-state index is 14.0. The fourth-order valence-corrected chi connectivity index (χ4v) is 3.73. The van der Waals surface area contributed by atoms with Gasteiger partial charge in [-0.1, -0.05) is 43.6 Å². The third kappa shape index (κ3) is 5.38. The molecule has 9 heteroatoms. The second-order valence-corrected chi connectivity index (χ2v) is 8.60. The summed E-state index contributed by atoms with van der Waals surface area (Å²) in [6, 6.07) is 11.8. The van der Waals surface area contributed by atoms with E-state index in [1.54, 1.807) is 11.8 Å². The number of carbonyl (C=O) groups is 1. The summed E-state index contributed by atoms with van der Waals surface area (Å²) in [5, 5.41) is 6.03. The second kappa shape index (κ2) is 9.43. The fourth-order valence-electron chi connectivity index (χ4n) is 2.47. The number of rotatable bonds is 6. The van der Waals surface area contributed by atoms with Gasteiger partial charge in [-0.05, 0) is 35.9 Å². The second-order valence-electron chi connectivity index (χ2n) is 6.24. The number of thioether (sulfide) groups is 1. The van der Waals surface area contributed by atoms with Gasteiger partial charge in [0.25, 0.3) is 5.91 Å². The van der Waals surface area contributed by atoms with Crippen molar-refractivity contribution in [2.75, 3.05) is 10.6 Å². The lowest BCUT2D eigenvalue weighted by Crippen LogP contribution is -2.16. The predicted octanol–water partition coefficient (Wildman–Crippen LogP) is 6.42. The van der Waals surface area contributed by atoms with Crippen molar-refractivity contribution in [2.24, 2.45) is 0 Å². The first-order chi connectivity index (χ1) is 13.8. The maximum Gasteiger partial charge on any atom is 0.261 e. The Bertz CT molecular complexity index is 1030. The molecule has 0 unspecified atom stereocenters. The summed E-state index contributed by atoms with van der Waals surface area (Å²) in [4.78, 5) is 21.8. The van der Waals surface area contributed by atoms with Gasteiger partial charge >= 0.3 is 0 Å². The van der Waals surface area contributed by atoms with Crippen molar-refractivity contribution >= 4 is 58.1 Å². The monoisotopic (exact) mass is 450 g/mol. The molecule has 0 aliphatic heterocycles. The van der Waals surface area contributed by atoms with E-state index in [9.17, 15) is 9.18 Å². The van der Waals surface area contributed by atoms with Gasteiger partial charge in [0, 0.05) is 16.3 Å². The molecule has 1 heterocycles. The minimum Gasteiger partial charge on any atom is -0.339 e. The van der Waals surface area contributed by atoms with Gasteiger partial charge in [-0.2, -0.15) is 4.98 Å². The SMILES string of the molecule is CC(C)Sc1ccccc1Nc1nc(Cl)ncc1C(=O)Nc1c(F)cccc1Cl. The molecule has 3 aromatic rings. The van der Waals surface area contributed by atoms with Crippen LogP contribution >= 0.6 is 35.0 Å². The molecule has 3 rings (SSSR count). The van der Waals surface area contributed by atoms with E-state index in [0.29, 0.717) is 5.25 Å². The number of amides is 1. The minimum atomic E-state index is -0.645. The number of hydrogen-bond donors (Lipinski definition) is 2. The van der Waals surface area contributed by atoms with E-state index in [4.69, 9.17) is 23.2 Å². The molecule has 0 bridgehead atoms. The Labute approximate surface area is 182 Å². The highest BCUT2D eigenvalue weighted by atomic mass is 35.5. The smallest absolute Gasteiger partial charge is 0.261 e. The van der Waals surface area contributed by atoms with E-state index in [1.165, 1.54) is 24.4 Å². The number of halogens is 3. The Kier molecular flexibility index (Phi) is 6.95. The molecule has 0 aliphatic carbocycles. The van der Waals surface area contributed by atoms with Crippen molar-refractivity contribution in [2.45, 2.75) is 24.0 Å². The molecule has 0 atom stereocenters. The average Bonchev–Trinajstić information content (AvgIpc) is 2.66. The Morgan fingerprint density at radius 3 is 2.62 bits per heavy atom. The number of para-hydroxylation sites is 2. The molecule has 2 N–H and O–H groups in total. The highest BCUT2D eigenvalue weighted by Gasteiger charge is 2.19. The van der Waals surface area contributed by atoms with E-state index >= 15 is 0 Å². The highest BCUT2D eigenvalue weighted by molar-refractivity contribution is 8.00. The van der Waals surface area contributed by atoms with Crippen LogP contribution in [0.4, 0.5) is 21.6 Å². The van der Waals surface area contributed by atoms with Gasteiger partial charge in [-0.3, -0.25) is 4.79 Å². The Hall–Kier alpha value is -2.35. The van der Waals surface area contributed by atoms with Crippen LogP contribution in [-0.2, 0) is 0 Å². The van der Waals surface area contributed by atoms with Crippen LogP contribution in [0.25, 0.3) is 0 Å². The van der Waals surface area contributed by atoms with E-state index in [1.807, 2.05) is 24.3 Å². The van der Waals surface area contributed by atoms with Crippen molar-refractivity contribution in [1.29, 1.82) is 0 Å². The van der Waals surface area contributed by atoms with Crippen molar-refractivity contribution in [3.8, 4) is 0 Å². The van der Waals surface area contributed by atoms with Crippen LogP contribution in [0.2, 0.25) is 10.3 Å². The van der Waals surface area contributed by atoms with Crippen molar-refractivity contribution < 1.29 is 9.18 Å². The normalized spacial score (nSPS) is 10.8. The van der Waals surface area contributed by atoms with Gasteiger partial charge < -0.3 is 10.6 Å². The van der Waals surface area contributed by atoms with Gasteiger partial charge in [0.05, 0.1) is 16.4 Å². The first-order valence-corrected chi connectivity index (χ1v) is 10.3. The lowest BCUT2D eigenvalue weighted by atomic mass is 10.2. The zero-order valence-electron chi connectivity index (χ0n) is 15.5. The molecule has 0 fully saturated rings. The molecule has 29 heavy (non-hydrogen) atoms. The number of hydrogen-bond acceptors (Lipinski definition) is 5. The predicted molar refractivity (Wildman–Crippen MR) is 117 cm³/mol. The van der Waals surface area contributed by atoms with Gasteiger partial charge in [-0.15, -0.1) is 11.8 Å². The quantitative estimate of drug-likeness (QED) is 0.335. The average molecular weight is 451 g/mol. The highest BCUT2D eigenvalue weighted by Crippen LogP contribution is 2.33. The standard InChI is InChI=1S/C20H17Cl2FN4OS/c1-11(2)29-16-9-4-3-8-15(16)25-18-12(10-24-20(22)27-18)19(28)26-17-13(21)6-5-7-14(17)23/h3-11H,1-2H3,(H,26,28)(H,24,25,27). The molecule has 5 nitrogen and oxygen atoms in total. The lowest BCUT2D eigenvalue weighted by molar-refractivity contribution is 0.102. The molecular weight excluding hydrogens is 434 g/mol. The topological polar surface area (TPSA) is 66.9 Å². The molecule has 0 saturated carbocycles. The Morgan fingerprint density at radius 1 is 1.14 bits per heavy atom. The number of benzene rings is 2. The summed E-state index contributed by atoms with van der Waals surface area (Å²) in [5.41, 5.74) is 0.743. The van der Waals surface area contributed by atoms with Crippen LogP contribution in [0, 0.1) is 5.82 Å². The Balaban J connectivity index is 1.94. The number of nitrogens with zero attached hydrogens (tertiary/aromatic N) is 2. The summed E-state index contributed by atoms with van der Waals surface area (Å²) in [5.74, 6) is -1.06. The van der Waals surface area contributed by atoms with Gasteiger partial charge in [-0.25, -0.2) is 9.37 Å². The van der Waals surface area contributed by atoms with Crippen molar-refractivity contribution in [3.63, 3.8) is 0 Å². The zero-order valence-corrected chi connectivity index (χ0v) is 17.9. The number of aromatic nitrogens is 2. The molecule has 0 radical (unpaired) electrons. The molecule has 150 valence electrons. The van der Waals surface area contributed by atoms with Gasteiger partial charge in [0.1, 0.15) is 17.2 Å². The molecular formula is C20H17Cl2FN4OS. The summed E-state index contributed by atoms with van der Waals surface area (Å²) < 4.78 is 14.0. The molecule has 1 amide bonds. The fraction of sp³-hybridized carbons (Fsp3) is 0.150. The summed E-state index contributed by atoms with van der Waals surface area (Å²) in [6.45, 7) is 4.17. The van der Waals surface area contributed by atoms with Crippen LogP contribution in [-0.4, -0.2) is 21.1 Å². The molecule has 0 aliphatic rings. The van der Waals surface area contributed by atoms with Crippen LogP contribution in [0.3, 0.4) is 0 Å². The van der Waals surface area contributed by atoms with Crippen LogP contribution in [0.5, 0.6) is 0 Å². The summed E-state index contributed by atoms with van der Waals surface area (Å²) >= 11 is 13.6. The van der Waals surface area contributed by atoms with E-state index in [2.05, 4.69) is 34.4 Å². The summed E-state index contributed by atoms with van der Waals surface area (Å²) in [7, 11) is 0. The van der Waals surface area contributed by atoms with E-state index < -0.39 is 11.7 Å². The zero-order chi connectivity index (χ0) is 21.0. The van der Waals surface area contributed by atoms with Crippen LogP contribution in [0.15, 0.2) is 53.6 Å². The van der Waals surface area contributed by atoms with Gasteiger partial charge in [0.2, 0.25) is 5.28 Å². The van der Waals surface area contributed by atoms with Crippen LogP contribution < -0.4 is 10.6 Å². The first-order valence-electron chi connectivity index (χ1n) is 8.65. The van der Waals surface area contributed by atoms with E-state index in [-0.39, 0.29) is 27.4 Å². The summed E-state index contributed by atoms with van der Waals surface area (Å²) in [6.07, 6.45) is 1.28. The molecule has 0 saturated heterocycles. The lowest BCUT2D eigenvalue weighted by Gasteiger charge is -2.15. The first kappa shape index (κ1) is 21.4. The van der Waals surface area contributed by atoms with Crippen LogP contribution in [0.1, 0.15) is 24.2 Å². The Morgan fingerprint density at radius 2 is 1.90 bits per heavy atom. The number of carbonyl (C=O) groups excluding carboxylic acids is 1. The molecule has 1 aromatic heterocycles. The third-order valence-electron chi connectivity index (χ3n) is 3.71. The van der Waals surface area contributed by atoms with E-state index in [0.717, 1.165) is 10.6 Å². The molecule has 0 spiro atoms. The molecule has 2 aromatic carbocycles. The van der Waals surface area contributed by atoms with Crippen molar-refractivity contribution in [1.82, 2.24) is 9.97 Å². The third-order valence-corrected chi connectivity index (χ3v) is 5.29. The minimum absolute atomic E-state index is 0.0260. The number of anilines is 3. The maximum atomic E-state index is 14.0. The largest absolute Gasteiger partial charge is 0.339 e. The number of nitrogens with one attached hydrogen (secondary N) is 2. The van der Waals surface area contributed by atoms with Gasteiger partial charge in [0.15, 0.2) is 0 Å².